The second kappa shape index (κ2) is 10.8. The first kappa shape index (κ1) is 31.0. The molecule has 3 aromatic carbocycles. The van der Waals surface area contributed by atoms with E-state index in [0.29, 0.717) is 37.3 Å². The summed E-state index contributed by atoms with van der Waals surface area (Å²) in [6.45, 7) is 3.39. The zero-order valence-electron chi connectivity index (χ0n) is 29.8. The number of piperidine rings is 2. The molecule has 6 fully saturated rings. The Morgan fingerprint density at radius 3 is 2.58 bits per heavy atom. The first-order chi connectivity index (χ1) is 25.2. The maximum absolute atomic E-state index is 14.3. The van der Waals surface area contributed by atoms with Gasteiger partial charge in [0.15, 0.2) is 0 Å². The largest absolute Gasteiger partial charge is 0.453 e. The van der Waals surface area contributed by atoms with Crippen LogP contribution in [0.25, 0.3) is 32.8 Å². The molecule has 6 heterocycles. The van der Waals surface area contributed by atoms with Crippen molar-refractivity contribution in [3.05, 3.63) is 71.3 Å². The zero-order chi connectivity index (χ0) is 35.1. The molecule has 2 unspecified atom stereocenters. The number of carbonyl (C=O) groups is 2. The third-order valence-corrected chi connectivity index (χ3v) is 13.9. The molecule has 2 aliphatic carbocycles. The third kappa shape index (κ3) is 4.31. The van der Waals surface area contributed by atoms with Crippen LogP contribution in [0.5, 0.6) is 0 Å². The highest BCUT2D eigenvalue weighted by Gasteiger charge is 2.75. The van der Waals surface area contributed by atoms with Crippen molar-refractivity contribution < 1.29 is 19.1 Å². The van der Waals surface area contributed by atoms with E-state index in [1.165, 1.54) is 31.1 Å². The molecule has 12 nitrogen and oxygen atoms in total. The van der Waals surface area contributed by atoms with Crippen LogP contribution in [0.1, 0.15) is 73.9 Å². The highest BCUT2D eigenvalue weighted by molar-refractivity contribution is 6.04. The molecule has 12 heteroatoms. The average Bonchev–Trinajstić information content (AvgIpc) is 3.69. The molecule has 1 spiro atoms. The fourth-order valence-corrected chi connectivity index (χ4v) is 10.8. The van der Waals surface area contributed by atoms with Crippen LogP contribution in [0.2, 0.25) is 0 Å². The summed E-state index contributed by atoms with van der Waals surface area (Å²) in [6.07, 6.45) is 6.20. The Kier molecular flexibility index (Phi) is 6.43. The summed E-state index contributed by atoms with van der Waals surface area (Å²) in [5, 5.41) is 5.10. The molecule has 4 saturated heterocycles. The number of hydrogen-bond donors (Lipinski definition) is 3. The van der Waals surface area contributed by atoms with Gasteiger partial charge >= 0.3 is 6.09 Å². The van der Waals surface area contributed by atoms with Crippen LogP contribution < -0.4 is 5.32 Å². The summed E-state index contributed by atoms with van der Waals surface area (Å²) < 4.78 is 10.8. The average molecular weight is 701 g/mol. The van der Waals surface area contributed by atoms with E-state index in [9.17, 15) is 9.59 Å². The Hall–Kier alpha value is -4.52. The Bertz CT molecular complexity index is 2320. The number of alkyl carbamates (subject to hydrolysis) is 1. The van der Waals surface area contributed by atoms with Crippen molar-refractivity contribution in [1.29, 1.82) is 0 Å². The van der Waals surface area contributed by atoms with Gasteiger partial charge in [0, 0.05) is 29.5 Å². The van der Waals surface area contributed by atoms with Crippen molar-refractivity contribution in [1.82, 2.24) is 40.0 Å². The topological polar surface area (TPSA) is 132 Å². The quantitative estimate of drug-likeness (QED) is 0.217. The molecule has 2 amide bonds. The first-order valence-corrected chi connectivity index (χ1v) is 18.9. The fraction of sp³-hybridized carbons (Fsp3) is 0.500. The molecule has 6 aliphatic rings. The summed E-state index contributed by atoms with van der Waals surface area (Å²) in [4.78, 5) is 50.9. The van der Waals surface area contributed by atoms with Gasteiger partial charge in [0.05, 0.1) is 41.3 Å². The minimum atomic E-state index is -0.695. The van der Waals surface area contributed by atoms with Crippen molar-refractivity contribution in [2.45, 2.75) is 87.2 Å². The molecule has 52 heavy (non-hydrogen) atoms. The van der Waals surface area contributed by atoms with Crippen LogP contribution in [0.3, 0.4) is 0 Å². The van der Waals surface area contributed by atoms with Crippen molar-refractivity contribution in [2.75, 3.05) is 27.5 Å². The molecular formula is C40H44N8O4. The van der Waals surface area contributed by atoms with Crippen LogP contribution in [0, 0.1) is 11.8 Å². The third-order valence-electron chi connectivity index (χ3n) is 13.9. The smallest absolute Gasteiger partial charge is 0.407 e. The highest BCUT2D eigenvalue weighted by Crippen LogP contribution is 2.66. The van der Waals surface area contributed by atoms with Crippen LogP contribution in [-0.2, 0) is 27.1 Å². The number of ether oxygens (including phenoxy) is 2. The van der Waals surface area contributed by atoms with Crippen LogP contribution in [0.15, 0.2) is 48.5 Å². The Morgan fingerprint density at radius 1 is 0.981 bits per heavy atom. The second-order valence-corrected chi connectivity index (χ2v) is 16.4. The van der Waals surface area contributed by atoms with E-state index in [4.69, 9.17) is 19.4 Å². The summed E-state index contributed by atoms with van der Waals surface area (Å²) in [6, 6.07) is 17.0. The maximum Gasteiger partial charge on any atom is 0.407 e. The minimum absolute atomic E-state index is 0.0625. The number of benzene rings is 3. The minimum Gasteiger partial charge on any atom is -0.453 e. The number of imidazole rings is 2. The summed E-state index contributed by atoms with van der Waals surface area (Å²) >= 11 is 0. The lowest BCUT2D eigenvalue weighted by molar-refractivity contribution is -0.181. The number of nitrogens with one attached hydrogen (secondary N) is 3. The first-order valence-electron chi connectivity index (χ1n) is 18.9. The lowest BCUT2D eigenvalue weighted by Gasteiger charge is -2.53. The predicted octanol–water partition coefficient (Wildman–Crippen LogP) is 5.31. The van der Waals surface area contributed by atoms with Crippen molar-refractivity contribution in [3.8, 4) is 0 Å². The van der Waals surface area contributed by atoms with E-state index in [-0.39, 0.29) is 23.7 Å². The Labute approximate surface area is 301 Å². The lowest BCUT2D eigenvalue weighted by Crippen LogP contribution is -2.73. The maximum atomic E-state index is 14.3. The van der Waals surface area contributed by atoms with Gasteiger partial charge in [-0.05, 0) is 99.5 Å². The molecule has 3 N–H and O–H groups in total. The molecule has 11 rings (SSSR count). The number of aryl methyl sites for hydroxylation is 2. The number of H-pyrrole nitrogens is 2. The van der Waals surface area contributed by atoms with Gasteiger partial charge in [-0.2, -0.15) is 0 Å². The number of aromatic nitrogens is 4. The van der Waals surface area contributed by atoms with Gasteiger partial charge in [0.25, 0.3) is 0 Å². The lowest BCUT2D eigenvalue weighted by atomic mass is 9.95. The van der Waals surface area contributed by atoms with Gasteiger partial charge < -0.3 is 29.7 Å². The van der Waals surface area contributed by atoms with E-state index < -0.39 is 12.1 Å². The van der Waals surface area contributed by atoms with Gasteiger partial charge in [-0.15, -0.1) is 0 Å². The predicted molar refractivity (Wildman–Crippen MR) is 194 cm³/mol. The van der Waals surface area contributed by atoms with Crippen LogP contribution >= 0.6 is 0 Å². The summed E-state index contributed by atoms with van der Waals surface area (Å²) in [7, 11) is 3.58. The number of likely N-dealkylation sites (tertiary alicyclic amines) is 1. The molecule has 268 valence electrons. The number of methoxy groups -OCH3 is 1. The van der Waals surface area contributed by atoms with E-state index in [0.717, 1.165) is 76.1 Å². The number of aromatic amines is 2. The molecule has 0 bridgehead atoms. The van der Waals surface area contributed by atoms with E-state index >= 15 is 0 Å². The molecule has 2 saturated carbocycles. The monoisotopic (exact) mass is 700 g/mol. The Morgan fingerprint density at radius 2 is 1.75 bits per heavy atom. The van der Waals surface area contributed by atoms with E-state index in [2.05, 4.69) is 87.6 Å². The fourth-order valence-electron chi connectivity index (χ4n) is 10.8. The molecule has 0 radical (unpaired) electrons. The standard InChI is InChI=1S/C40H44N8O4/c1-39-18-24(39)16-31(46(39)2)35-41-27-10-7-22(15-29(27)43-35)5-4-21-6-9-26-23(14-21)8-11-28-33(26)44-36(42-28)32-17-25-19-40(25)47-20-52-13-12-30(47)34(37(49)48(32)40)45-38(50)51-3/h6-11,14-15,24-25,30-32,34H,4-5,12-13,16-20H2,1-3H3,(H,41,43)(H,42,44)(H,45,50)/t24-,25-,30?,31-,32-,34-,39?,40+/m0/s1. The molecule has 5 aromatic rings. The van der Waals surface area contributed by atoms with Crippen molar-refractivity contribution >= 4 is 44.8 Å². The number of rotatable bonds is 6. The Balaban J connectivity index is 0.837. The zero-order valence-corrected chi connectivity index (χ0v) is 29.8. The normalized spacial score (nSPS) is 33.7. The van der Waals surface area contributed by atoms with E-state index in [1.807, 2.05) is 4.90 Å². The number of carbonyl (C=O) groups excluding carboxylic acids is 2. The number of fused-ring (bicyclic) bond motifs is 6. The summed E-state index contributed by atoms with van der Waals surface area (Å²) in [5.41, 5.74) is 6.59. The summed E-state index contributed by atoms with van der Waals surface area (Å²) in [5.74, 6) is 2.97. The number of nitrogens with zero attached hydrogens (tertiary/aromatic N) is 5. The van der Waals surface area contributed by atoms with Gasteiger partial charge in [-0.1, -0.05) is 30.3 Å². The van der Waals surface area contributed by atoms with Gasteiger partial charge in [-0.25, -0.2) is 14.8 Å². The SMILES string of the molecule is COC(=O)N[C@@H]1C(=O)N2[C@H](c3nc4c(ccc5cc(CCc6ccc7[nH]c([C@@H]8C[C@H]9CC9(C)N8C)nc7c6)ccc54)[nH]3)C[C@H]3C[C@]32N2COCCC12. The molecular weight excluding hydrogens is 656 g/mol. The van der Waals surface area contributed by atoms with Gasteiger partial charge in [-0.3, -0.25) is 14.6 Å². The van der Waals surface area contributed by atoms with Gasteiger partial charge in [0.1, 0.15) is 30.1 Å². The van der Waals surface area contributed by atoms with Crippen LogP contribution in [-0.4, -0.2) is 97.4 Å². The number of hydrogen-bond acceptors (Lipinski definition) is 8. The van der Waals surface area contributed by atoms with Crippen LogP contribution in [0.4, 0.5) is 4.79 Å². The molecule has 4 aliphatic heterocycles. The highest BCUT2D eigenvalue weighted by atomic mass is 16.5. The molecule has 2 aromatic heterocycles. The van der Waals surface area contributed by atoms with Crippen molar-refractivity contribution in [2.24, 2.45) is 11.8 Å². The molecule has 8 atom stereocenters. The second-order valence-electron chi connectivity index (χ2n) is 16.4. The van der Waals surface area contributed by atoms with Gasteiger partial charge in [0.2, 0.25) is 5.91 Å². The number of amides is 2. The van der Waals surface area contributed by atoms with E-state index in [1.54, 1.807) is 0 Å². The van der Waals surface area contributed by atoms with Crippen molar-refractivity contribution in [3.63, 3.8) is 0 Å².